The molecule has 1 aromatic carbocycles. The first-order chi connectivity index (χ1) is 6.94. The summed E-state index contributed by atoms with van der Waals surface area (Å²) in [5, 5.41) is 0. The third kappa shape index (κ3) is 3.98. The van der Waals surface area contributed by atoms with E-state index in [2.05, 4.69) is 13.8 Å². The molecule has 15 heavy (non-hydrogen) atoms. The molecule has 0 fully saturated rings. The Morgan fingerprint density at radius 3 is 2.20 bits per heavy atom. The van der Waals surface area contributed by atoms with Crippen LogP contribution in [0.2, 0.25) is 0 Å². The van der Waals surface area contributed by atoms with Gasteiger partial charge in [-0.15, -0.1) is 0 Å². The zero-order valence-corrected chi connectivity index (χ0v) is 11.6. The lowest BCUT2D eigenvalue weighted by molar-refractivity contribution is 0.492. The Balaban J connectivity index is 2.82. The maximum Gasteiger partial charge on any atom is 0.318 e. The second-order valence-electron chi connectivity index (χ2n) is 3.47. The van der Waals surface area contributed by atoms with Crippen molar-refractivity contribution in [2.45, 2.75) is 19.8 Å². The van der Waals surface area contributed by atoms with E-state index in [1.54, 1.807) is 34.7 Å². The first kappa shape index (κ1) is 12.8. The molecule has 0 heterocycles. The van der Waals surface area contributed by atoms with Crippen LogP contribution in [-0.4, -0.2) is 12.2 Å². The monoisotopic (exact) mass is 340 g/mol. The molecule has 1 rings (SSSR count). The van der Waals surface area contributed by atoms with E-state index in [1.807, 2.05) is 12.1 Å². The standard InChI is InChI=1S/C10H13IO3S/c1-8(2)9-3-5-10(6-4-9)14-15(12,13)7-11/h3-6,8H,7H2,1-2H3. The Bertz CT molecular complexity index is 409. The normalized spacial score (nSPS) is 11.7. The Labute approximate surface area is 104 Å². The average Bonchev–Trinajstić information content (AvgIpc) is 2.18. The van der Waals surface area contributed by atoms with Gasteiger partial charge in [0.25, 0.3) is 0 Å². The number of benzene rings is 1. The second-order valence-corrected chi connectivity index (χ2v) is 6.84. The van der Waals surface area contributed by atoms with Crippen molar-refractivity contribution in [1.29, 1.82) is 0 Å². The molecule has 1 aromatic rings. The molecule has 0 aliphatic carbocycles. The fourth-order valence-corrected chi connectivity index (χ4v) is 1.91. The SMILES string of the molecule is CC(C)c1ccc(OS(=O)(=O)CI)cc1. The van der Waals surface area contributed by atoms with E-state index in [4.69, 9.17) is 4.18 Å². The fraction of sp³-hybridized carbons (Fsp3) is 0.400. The van der Waals surface area contributed by atoms with Gasteiger partial charge >= 0.3 is 10.1 Å². The highest BCUT2D eigenvalue weighted by Crippen LogP contribution is 2.20. The third-order valence-electron chi connectivity index (χ3n) is 1.90. The van der Waals surface area contributed by atoms with Crippen LogP contribution in [-0.2, 0) is 10.1 Å². The molecule has 0 N–H and O–H groups in total. The van der Waals surface area contributed by atoms with E-state index in [0.717, 1.165) is 5.56 Å². The van der Waals surface area contributed by atoms with Crippen LogP contribution in [0.15, 0.2) is 24.3 Å². The highest BCUT2D eigenvalue weighted by molar-refractivity contribution is 14.1. The maximum absolute atomic E-state index is 11.2. The van der Waals surface area contributed by atoms with Crippen LogP contribution < -0.4 is 4.18 Å². The van der Waals surface area contributed by atoms with E-state index < -0.39 is 10.1 Å². The van der Waals surface area contributed by atoms with E-state index in [9.17, 15) is 8.42 Å². The molecule has 0 bridgehead atoms. The summed E-state index contributed by atoms with van der Waals surface area (Å²) in [7, 11) is -3.42. The lowest BCUT2D eigenvalue weighted by atomic mass is 10.0. The summed E-state index contributed by atoms with van der Waals surface area (Å²) < 4.78 is 27.1. The van der Waals surface area contributed by atoms with Crippen LogP contribution in [0, 0.1) is 0 Å². The molecule has 0 atom stereocenters. The van der Waals surface area contributed by atoms with Crippen LogP contribution in [0.25, 0.3) is 0 Å². The van der Waals surface area contributed by atoms with Gasteiger partial charge in [-0.3, -0.25) is 0 Å². The quantitative estimate of drug-likeness (QED) is 0.481. The minimum absolute atomic E-state index is 0.0449. The molecule has 0 saturated heterocycles. The third-order valence-corrected chi connectivity index (χ3v) is 4.91. The van der Waals surface area contributed by atoms with Crippen molar-refractivity contribution in [2.75, 3.05) is 3.76 Å². The zero-order chi connectivity index (χ0) is 11.5. The summed E-state index contributed by atoms with van der Waals surface area (Å²) in [4.78, 5) is 0. The molecule has 0 aliphatic heterocycles. The highest BCUT2D eigenvalue weighted by Gasteiger charge is 2.10. The predicted octanol–water partition coefficient (Wildman–Crippen LogP) is 2.91. The maximum atomic E-state index is 11.2. The van der Waals surface area contributed by atoms with Gasteiger partial charge in [0, 0.05) is 0 Å². The van der Waals surface area contributed by atoms with Gasteiger partial charge < -0.3 is 4.18 Å². The van der Waals surface area contributed by atoms with Crippen molar-refractivity contribution in [3.63, 3.8) is 0 Å². The fourth-order valence-electron chi connectivity index (χ4n) is 1.08. The summed E-state index contributed by atoms with van der Waals surface area (Å²) in [5.74, 6) is 0.802. The lowest BCUT2D eigenvalue weighted by Gasteiger charge is -2.07. The minimum atomic E-state index is -3.42. The number of alkyl halides is 1. The second kappa shape index (κ2) is 5.16. The van der Waals surface area contributed by atoms with Crippen LogP contribution in [0.3, 0.4) is 0 Å². The molecule has 0 amide bonds. The molecule has 0 aliphatic rings. The van der Waals surface area contributed by atoms with Crippen molar-refractivity contribution < 1.29 is 12.6 Å². The Hall–Kier alpha value is -0.300. The van der Waals surface area contributed by atoms with Crippen molar-refractivity contribution >= 4 is 32.7 Å². The highest BCUT2D eigenvalue weighted by atomic mass is 127. The largest absolute Gasteiger partial charge is 0.382 e. The van der Waals surface area contributed by atoms with E-state index >= 15 is 0 Å². The minimum Gasteiger partial charge on any atom is -0.382 e. The first-order valence-corrected chi connectivity index (χ1v) is 7.63. The smallest absolute Gasteiger partial charge is 0.318 e. The molecule has 84 valence electrons. The van der Waals surface area contributed by atoms with Crippen molar-refractivity contribution in [3.05, 3.63) is 29.8 Å². The van der Waals surface area contributed by atoms with Crippen LogP contribution in [0.4, 0.5) is 0 Å². The summed E-state index contributed by atoms with van der Waals surface area (Å²) in [6.45, 7) is 4.16. The van der Waals surface area contributed by atoms with Crippen LogP contribution in [0.5, 0.6) is 5.75 Å². The summed E-state index contributed by atoms with van der Waals surface area (Å²) >= 11 is 1.76. The van der Waals surface area contributed by atoms with Crippen molar-refractivity contribution in [1.82, 2.24) is 0 Å². The van der Waals surface area contributed by atoms with Crippen LogP contribution >= 0.6 is 22.6 Å². The Morgan fingerprint density at radius 2 is 1.80 bits per heavy atom. The molecule has 5 heteroatoms. The van der Waals surface area contributed by atoms with E-state index in [0.29, 0.717) is 11.7 Å². The number of rotatable bonds is 4. The van der Waals surface area contributed by atoms with Gasteiger partial charge in [-0.05, 0) is 23.6 Å². The van der Waals surface area contributed by atoms with Crippen LogP contribution in [0.1, 0.15) is 25.3 Å². The van der Waals surface area contributed by atoms with Crippen molar-refractivity contribution in [3.8, 4) is 5.75 Å². The predicted molar refractivity (Wildman–Crippen MR) is 69.0 cm³/mol. The number of hydrogen-bond donors (Lipinski definition) is 0. The number of hydrogen-bond acceptors (Lipinski definition) is 3. The molecule has 0 radical (unpaired) electrons. The van der Waals surface area contributed by atoms with E-state index in [-0.39, 0.29) is 3.76 Å². The molecule has 0 unspecified atom stereocenters. The molecule has 3 nitrogen and oxygen atoms in total. The first-order valence-electron chi connectivity index (χ1n) is 4.52. The summed E-state index contributed by atoms with van der Waals surface area (Å²) in [5.41, 5.74) is 1.16. The van der Waals surface area contributed by atoms with Gasteiger partial charge in [0.2, 0.25) is 0 Å². The summed E-state index contributed by atoms with van der Waals surface area (Å²) in [6.07, 6.45) is 0. The van der Waals surface area contributed by atoms with Gasteiger partial charge in [0.15, 0.2) is 0 Å². The average molecular weight is 340 g/mol. The zero-order valence-electron chi connectivity index (χ0n) is 8.60. The van der Waals surface area contributed by atoms with Gasteiger partial charge in [0.05, 0.1) is 0 Å². The number of halogens is 1. The van der Waals surface area contributed by atoms with Gasteiger partial charge in [0.1, 0.15) is 9.51 Å². The molecular formula is C10H13IO3S. The summed E-state index contributed by atoms with van der Waals surface area (Å²) in [6, 6.07) is 7.11. The van der Waals surface area contributed by atoms with Crippen molar-refractivity contribution in [2.24, 2.45) is 0 Å². The molecule has 0 saturated carbocycles. The molecule has 0 aromatic heterocycles. The van der Waals surface area contributed by atoms with Gasteiger partial charge in [-0.2, -0.15) is 8.42 Å². The topological polar surface area (TPSA) is 43.4 Å². The van der Waals surface area contributed by atoms with E-state index in [1.165, 1.54) is 0 Å². The lowest BCUT2D eigenvalue weighted by Crippen LogP contribution is -2.09. The van der Waals surface area contributed by atoms with Gasteiger partial charge in [-0.1, -0.05) is 48.6 Å². The molecule has 0 spiro atoms. The molecular weight excluding hydrogens is 327 g/mol. The Morgan fingerprint density at radius 1 is 1.27 bits per heavy atom. The Kier molecular flexibility index (Phi) is 4.39. The van der Waals surface area contributed by atoms with Gasteiger partial charge in [-0.25, -0.2) is 0 Å².